The lowest BCUT2D eigenvalue weighted by atomic mass is 10.3. The zero-order chi connectivity index (χ0) is 11.4. The van der Waals surface area contributed by atoms with Crippen LogP contribution in [0.2, 0.25) is 0 Å². The molecular formula is C8H14N4O3. The molecule has 1 atom stereocenters. The van der Waals surface area contributed by atoms with E-state index in [1.54, 1.807) is 20.2 Å². The van der Waals surface area contributed by atoms with E-state index in [0.717, 1.165) is 0 Å². The lowest BCUT2D eigenvalue weighted by molar-refractivity contribution is -0.390. The van der Waals surface area contributed by atoms with Gasteiger partial charge in [-0.15, -0.1) is 0 Å². The van der Waals surface area contributed by atoms with E-state index >= 15 is 0 Å². The summed E-state index contributed by atoms with van der Waals surface area (Å²) in [6.07, 6.45) is 0.950. The maximum Gasteiger partial charge on any atom is 0.392 e. The van der Waals surface area contributed by atoms with E-state index in [1.165, 1.54) is 4.68 Å². The maximum absolute atomic E-state index is 10.5. The van der Waals surface area contributed by atoms with Crippen LogP contribution in [-0.2, 0) is 6.54 Å². The van der Waals surface area contributed by atoms with Crippen molar-refractivity contribution < 1.29 is 10.0 Å². The number of aryl methyl sites for hydroxylation is 1. The molecular weight excluding hydrogens is 200 g/mol. The summed E-state index contributed by atoms with van der Waals surface area (Å²) in [7, 11) is 1.72. The van der Waals surface area contributed by atoms with Crippen molar-refractivity contribution >= 4 is 5.82 Å². The van der Waals surface area contributed by atoms with Crippen molar-refractivity contribution in [3.8, 4) is 0 Å². The number of aromatic nitrogens is 2. The fourth-order valence-electron chi connectivity index (χ4n) is 1.30. The molecule has 1 aromatic rings. The number of nitrogens with zero attached hydrogens (tertiary/aromatic N) is 3. The average molecular weight is 214 g/mol. The molecule has 0 spiro atoms. The molecule has 0 aliphatic rings. The van der Waals surface area contributed by atoms with E-state index in [4.69, 9.17) is 0 Å². The molecule has 0 saturated heterocycles. The van der Waals surface area contributed by atoms with Gasteiger partial charge in [-0.05, 0) is 18.9 Å². The Morgan fingerprint density at radius 2 is 2.47 bits per heavy atom. The number of likely N-dealkylation sites (N-methyl/N-ethyl adjacent to an activating group) is 1. The fourth-order valence-corrected chi connectivity index (χ4v) is 1.30. The van der Waals surface area contributed by atoms with E-state index in [1.807, 2.05) is 0 Å². The van der Waals surface area contributed by atoms with Crippen molar-refractivity contribution in [2.45, 2.75) is 19.6 Å². The molecule has 2 N–H and O–H groups in total. The highest BCUT2D eigenvalue weighted by molar-refractivity contribution is 5.27. The van der Waals surface area contributed by atoms with Crippen molar-refractivity contribution in [3.63, 3.8) is 0 Å². The minimum atomic E-state index is -0.603. The van der Waals surface area contributed by atoms with Crippen molar-refractivity contribution in [2.24, 2.45) is 0 Å². The Hall–Kier alpha value is -1.47. The molecule has 0 aromatic carbocycles. The minimum Gasteiger partial charge on any atom is -0.390 e. The van der Waals surface area contributed by atoms with Crippen molar-refractivity contribution in [2.75, 3.05) is 13.6 Å². The van der Waals surface area contributed by atoms with Crippen LogP contribution < -0.4 is 5.32 Å². The number of rotatable bonds is 5. The summed E-state index contributed by atoms with van der Waals surface area (Å²) < 4.78 is 1.38. The van der Waals surface area contributed by atoms with Crippen LogP contribution >= 0.6 is 0 Å². The molecule has 0 aliphatic carbocycles. The highest BCUT2D eigenvalue weighted by atomic mass is 16.6. The van der Waals surface area contributed by atoms with Crippen LogP contribution in [0.5, 0.6) is 0 Å². The zero-order valence-corrected chi connectivity index (χ0v) is 8.67. The molecule has 1 unspecified atom stereocenters. The number of nitrogens with one attached hydrogen (secondary N) is 1. The summed E-state index contributed by atoms with van der Waals surface area (Å²) in [6, 6.07) is 0. The second-order valence-corrected chi connectivity index (χ2v) is 3.33. The Morgan fingerprint density at radius 1 is 1.80 bits per heavy atom. The average Bonchev–Trinajstić information content (AvgIpc) is 2.47. The van der Waals surface area contributed by atoms with Gasteiger partial charge < -0.3 is 20.5 Å². The van der Waals surface area contributed by atoms with E-state index in [9.17, 15) is 15.2 Å². The van der Waals surface area contributed by atoms with Gasteiger partial charge >= 0.3 is 5.82 Å². The topological polar surface area (TPSA) is 93.2 Å². The third kappa shape index (κ3) is 3.00. The van der Waals surface area contributed by atoms with Gasteiger partial charge in [0, 0.05) is 6.54 Å². The second kappa shape index (κ2) is 4.85. The van der Waals surface area contributed by atoms with Crippen LogP contribution in [0.4, 0.5) is 5.82 Å². The van der Waals surface area contributed by atoms with E-state index in [0.29, 0.717) is 12.1 Å². The van der Waals surface area contributed by atoms with Gasteiger partial charge in [-0.2, -0.15) is 4.68 Å². The molecule has 15 heavy (non-hydrogen) atoms. The van der Waals surface area contributed by atoms with E-state index < -0.39 is 11.0 Å². The maximum atomic E-state index is 10.5. The molecule has 0 saturated carbocycles. The molecule has 0 fully saturated rings. The number of hydrogen-bond donors (Lipinski definition) is 2. The quantitative estimate of drug-likeness (QED) is 0.517. The summed E-state index contributed by atoms with van der Waals surface area (Å²) in [6.45, 7) is 2.29. The number of nitro groups is 1. The molecule has 1 aromatic heterocycles. The summed E-state index contributed by atoms with van der Waals surface area (Å²) in [5.41, 5.74) is 0.497. The smallest absolute Gasteiger partial charge is 0.390 e. The largest absolute Gasteiger partial charge is 0.392 e. The molecule has 0 amide bonds. The van der Waals surface area contributed by atoms with Crippen LogP contribution in [0.15, 0.2) is 6.20 Å². The summed E-state index contributed by atoms with van der Waals surface area (Å²) >= 11 is 0. The van der Waals surface area contributed by atoms with Gasteiger partial charge in [0.1, 0.15) is 0 Å². The predicted octanol–water partition coefficient (Wildman–Crippen LogP) is -0.320. The second-order valence-electron chi connectivity index (χ2n) is 3.33. The zero-order valence-electron chi connectivity index (χ0n) is 8.67. The lowest BCUT2D eigenvalue weighted by Gasteiger charge is -2.06. The summed E-state index contributed by atoms with van der Waals surface area (Å²) in [5, 5.41) is 26.5. The third-order valence-corrected chi connectivity index (χ3v) is 1.93. The minimum absolute atomic E-state index is 0.161. The molecule has 0 radical (unpaired) electrons. The molecule has 1 heterocycles. The van der Waals surface area contributed by atoms with Gasteiger partial charge in [0.2, 0.25) is 0 Å². The predicted molar refractivity (Wildman–Crippen MR) is 53.6 cm³/mol. The Balaban J connectivity index is 2.71. The lowest BCUT2D eigenvalue weighted by Crippen LogP contribution is -2.28. The first kappa shape index (κ1) is 11.6. The summed E-state index contributed by atoms with van der Waals surface area (Å²) in [4.78, 5) is 9.97. The van der Waals surface area contributed by atoms with E-state index in [2.05, 4.69) is 10.4 Å². The van der Waals surface area contributed by atoms with Gasteiger partial charge in [-0.1, -0.05) is 0 Å². The third-order valence-electron chi connectivity index (χ3n) is 1.93. The van der Waals surface area contributed by atoms with Gasteiger partial charge in [0.25, 0.3) is 0 Å². The molecule has 1 rings (SSSR count). The Bertz CT molecular complexity index is 350. The highest BCUT2D eigenvalue weighted by Crippen LogP contribution is 2.13. The van der Waals surface area contributed by atoms with Gasteiger partial charge in [-0.3, -0.25) is 0 Å². The SMILES string of the molecule is CNCC(O)Cn1cc(C)c([N+](=O)[O-])n1. The Morgan fingerprint density at radius 3 is 2.93 bits per heavy atom. The molecule has 0 bridgehead atoms. The van der Waals surface area contributed by atoms with Crippen molar-refractivity contribution in [3.05, 3.63) is 21.9 Å². The fraction of sp³-hybridized carbons (Fsp3) is 0.625. The number of aliphatic hydroxyl groups excluding tert-OH is 1. The van der Waals surface area contributed by atoms with Crippen LogP contribution in [-0.4, -0.2) is 39.5 Å². The first-order chi connectivity index (χ1) is 7.04. The Labute approximate surface area is 86.9 Å². The number of hydrogen-bond acceptors (Lipinski definition) is 5. The normalized spacial score (nSPS) is 12.7. The van der Waals surface area contributed by atoms with Gasteiger partial charge in [-0.25, -0.2) is 0 Å². The van der Waals surface area contributed by atoms with Crippen LogP contribution in [0, 0.1) is 17.0 Å². The number of aliphatic hydroxyl groups is 1. The first-order valence-corrected chi connectivity index (χ1v) is 4.55. The standard InChI is InChI=1S/C8H14N4O3/c1-6-4-11(5-7(13)3-9-2)10-8(6)12(14)15/h4,7,9,13H,3,5H2,1-2H3. The Kier molecular flexibility index (Phi) is 3.75. The first-order valence-electron chi connectivity index (χ1n) is 4.55. The molecule has 0 aliphatic heterocycles. The summed E-state index contributed by atoms with van der Waals surface area (Å²) in [5.74, 6) is -0.161. The van der Waals surface area contributed by atoms with Gasteiger partial charge in [0.15, 0.2) is 0 Å². The van der Waals surface area contributed by atoms with E-state index in [-0.39, 0.29) is 12.4 Å². The van der Waals surface area contributed by atoms with Crippen molar-refractivity contribution in [1.82, 2.24) is 15.1 Å². The van der Waals surface area contributed by atoms with Gasteiger partial charge in [0.05, 0.1) is 29.5 Å². The van der Waals surface area contributed by atoms with Crippen LogP contribution in [0.25, 0.3) is 0 Å². The molecule has 7 nitrogen and oxygen atoms in total. The molecule has 7 heteroatoms. The van der Waals surface area contributed by atoms with Crippen LogP contribution in [0.1, 0.15) is 5.56 Å². The highest BCUT2D eigenvalue weighted by Gasteiger charge is 2.18. The van der Waals surface area contributed by atoms with Crippen molar-refractivity contribution in [1.29, 1.82) is 0 Å². The monoisotopic (exact) mass is 214 g/mol. The molecule has 84 valence electrons. The van der Waals surface area contributed by atoms with Crippen LogP contribution in [0.3, 0.4) is 0 Å².